The van der Waals surface area contributed by atoms with E-state index in [1.165, 1.54) is 0 Å². The van der Waals surface area contributed by atoms with Gasteiger partial charge in [0.15, 0.2) is 0 Å². The molecular weight excluding hydrogens is 228 g/mol. The summed E-state index contributed by atoms with van der Waals surface area (Å²) in [5.41, 5.74) is 2.42. The molecule has 0 heterocycles. The van der Waals surface area contributed by atoms with Crippen LogP contribution in [-0.4, -0.2) is 23.7 Å². The van der Waals surface area contributed by atoms with Gasteiger partial charge in [-0.05, 0) is 38.5 Å². The highest BCUT2D eigenvalue weighted by molar-refractivity contribution is 5.69. The van der Waals surface area contributed by atoms with Crippen LogP contribution in [0.4, 0.5) is 5.69 Å². The lowest BCUT2D eigenvalue weighted by Crippen LogP contribution is -2.35. The molecule has 18 heavy (non-hydrogen) atoms. The van der Waals surface area contributed by atoms with Gasteiger partial charge in [-0.15, -0.1) is 0 Å². The normalized spacial score (nSPS) is 11.7. The van der Waals surface area contributed by atoms with Crippen molar-refractivity contribution in [3.8, 4) is 6.07 Å². The molecule has 1 N–H and O–H groups in total. The van der Waals surface area contributed by atoms with E-state index in [9.17, 15) is 4.79 Å². The largest absolute Gasteiger partial charge is 0.481 e. The maximum atomic E-state index is 10.8. The molecule has 0 aliphatic carbocycles. The third-order valence-corrected chi connectivity index (χ3v) is 2.92. The van der Waals surface area contributed by atoms with Gasteiger partial charge >= 0.3 is 5.97 Å². The zero-order valence-electron chi connectivity index (χ0n) is 11.0. The third-order valence-electron chi connectivity index (χ3n) is 2.92. The summed E-state index contributed by atoms with van der Waals surface area (Å²) < 4.78 is 0. The molecule has 0 radical (unpaired) electrons. The Kier molecular flexibility index (Phi) is 4.73. The molecule has 0 aromatic heterocycles. The number of carboxylic acid groups (broad SMARTS) is 1. The van der Waals surface area contributed by atoms with E-state index in [2.05, 4.69) is 6.07 Å². The van der Waals surface area contributed by atoms with E-state index in [0.29, 0.717) is 12.1 Å². The number of hydrogen-bond acceptors (Lipinski definition) is 3. The maximum Gasteiger partial charge on any atom is 0.305 e. The number of carbonyl (C=O) groups is 1. The van der Waals surface area contributed by atoms with Gasteiger partial charge in [0.25, 0.3) is 0 Å². The molecule has 0 spiro atoms. The minimum absolute atomic E-state index is 0.0621. The Morgan fingerprint density at radius 3 is 2.72 bits per heavy atom. The van der Waals surface area contributed by atoms with Gasteiger partial charge in [0.05, 0.1) is 17.7 Å². The Morgan fingerprint density at radius 1 is 1.56 bits per heavy atom. The molecule has 0 bridgehead atoms. The average Bonchev–Trinajstić information content (AvgIpc) is 2.30. The quantitative estimate of drug-likeness (QED) is 0.867. The second-order valence-electron chi connectivity index (χ2n) is 4.37. The van der Waals surface area contributed by atoms with Gasteiger partial charge in [0, 0.05) is 12.6 Å². The Labute approximate surface area is 107 Å². The first-order valence-electron chi connectivity index (χ1n) is 5.98. The first kappa shape index (κ1) is 14.0. The van der Waals surface area contributed by atoms with Crippen LogP contribution in [0.2, 0.25) is 0 Å². The monoisotopic (exact) mass is 246 g/mol. The molecule has 1 rings (SSSR count). The van der Waals surface area contributed by atoms with Crippen LogP contribution in [-0.2, 0) is 4.79 Å². The summed E-state index contributed by atoms with van der Waals surface area (Å²) in [4.78, 5) is 12.7. The summed E-state index contributed by atoms with van der Waals surface area (Å²) in [5, 5.41) is 18.0. The topological polar surface area (TPSA) is 64.3 Å². The molecule has 0 aliphatic heterocycles. The predicted octanol–water partition coefficient (Wildman–Crippen LogP) is 2.56. The van der Waals surface area contributed by atoms with E-state index < -0.39 is 5.97 Å². The second kappa shape index (κ2) is 6.06. The number of carboxylic acids is 1. The molecule has 1 aromatic rings. The number of nitriles is 1. The second-order valence-corrected chi connectivity index (χ2v) is 4.37. The molecule has 4 heteroatoms. The van der Waals surface area contributed by atoms with E-state index in [-0.39, 0.29) is 12.5 Å². The van der Waals surface area contributed by atoms with Crippen LogP contribution in [0.15, 0.2) is 18.2 Å². The van der Waals surface area contributed by atoms with Crippen LogP contribution in [0.1, 0.15) is 31.4 Å². The molecule has 0 fully saturated rings. The van der Waals surface area contributed by atoms with E-state index >= 15 is 0 Å². The lowest BCUT2D eigenvalue weighted by Gasteiger charge is -2.30. The SMILES string of the molecule is CCN(c1ccc(C)cc1C#N)C(C)CC(=O)O. The first-order valence-corrected chi connectivity index (χ1v) is 5.98. The smallest absolute Gasteiger partial charge is 0.305 e. The van der Waals surface area contributed by atoms with Crippen LogP contribution in [0.5, 0.6) is 0 Å². The van der Waals surface area contributed by atoms with Crippen LogP contribution in [0, 0.1) is 18.3 Å². The van der Waals surface area contributed by atoms with Crippen molar-refractivity contribution in [3.63, 3.8) is 0 Å². The first-order chi connectivity index (χ1) is 8.49. The Morgan fingerprint density at radius 2 is 2.22 bits per heavy atom. The summed E-state index contributed by atoms with van der Waals surface area (Å²) in [6.07, 6.45) is 0.0621. The van der Waals surface area contributed by atoms with Crippen molar-refractivity contribution in [3.05, 3.63) is 29.3 Å². The molecule has 96 valence electrons. The van der Waals surface area contributed by atoms with Crippen molar-refractivity contribution >= 4 is 11.7 Å². The van der Waals surface area contributed by atoms with Crippen LogP contribution >= 0.6 is 0 Å². The number of aliphatic carboxylic acids is 1. The summed E-state index contributed by atoms with van der Waals surface area (Å²) >= 11 is 0. The fourth-order valence-electron chi connectivity index (χ4n) is 2.07. The number of hydrogen-bond donors (Lipinski definition) is 1. The van der Waals surface area contributed by atoms with E-state index in [0.717, 1.165) is 11.3 Å². The average molecular weight is 246 g/mol. The Hall–Kier alpha value is -2.02. The van der Waals surface area contributed by atoms with Gasteiger partial charge in [-0.3, -0.25) is 4.79 Å². The van der Waals surface area contributed by atoms with Gasteiger partial charge in [0.1, 0.15) is 6.07 Å². The standard InChI is InChI=1S/C14H18N2O2/c1-4-16(11(3)8-14(17)18)13-6-5-10(2)7-12(13)9-15/h5-7,11H,4,8H2,1-3H3,(H,17,18). The third kappa shape index (κ3) is 3.24. The van der Waals surface area contributed by atoms with Crippen LogP contribution in [0.3, 0.4) is 0 Å². The molecular formula is C14H18N2O2. The number of aryl methyl sites for hydroxylation is 1. The Balaban J connectivity index is 3.09. The fourth-order valence-corrected chi connectivity index (χ4v) is 2.07. The summed E-state index contributed by atoms with van der Waals surface area (Å²) in [6.45, 7) is 6.42. The van der Waals surface area contributed by atoms with E-state index in [4.69, 9.17) is 10.4 Å². The highest BCUT2D eigenvalue weighted by Crippen LogP contribution is 2.24. The molecule has 0 saturated heterocycles. The van der Waals surface area contributed by atoms with Crippen molar-refractivity contribution in [2.75, 3.05) is 11.4 Å². The molecule has 4 nitrogen and oxygen atoms in total. The van der Waals surface area contributed by atoms with Gasteiger partial charge in [0.2, 0.25) is 0 Å². The molecule has 1 atom stereocenters. The van der Waals surface area contributed by atoms with Crippen molar-refractivity contribution in [1.29, 1.82) is 5.26 Å². The van der Waals surface area contributed by atoms with Gasteiger partial charge < -0.3 is 10.0 Å². The molecule has 0 aliphatic rings. The van der Waals surface area contributed by atoms with Crippen molar-refractivity contribution in [1.82, 2.24) is 0 Å². The van der Waals surface area contributed by atoms with Crippen molar-refractivity contribution < 1.29 is 9.90 Å². The lowest BCUT2D eigenvalue weighted by molar-refractivity contribution is -0.137. The fraction of sp³-hybridized carbons (Fsp3) is 0.429. The summed E-state index contributed by atoms with van der Waals surface area (Å²) in [6, 6.07) is 7.68. The molecule has 0 amide bonds. The van der Waals surface area contributed by atoms with Gasteiger partial charge in [-0.1, -0.05) is 6.07 Å². The zero-order valence-corrected chi connectivity index (χ0v) is 11.0. The zero-order chi connectivity index (χ0) is 13.7. The molecule has 1 aromatic carbocycles. The van der Waals surface area contributed by atoms with Crippen LogP contribution in [0.25, 0.3) is 0 Å². The van der Waals surface area contributed by atoms with Crippen molar-refractivity contribution in [2.45, 2.75) is 33.2 Å². The summed E-state index contributed by atoms with van der Waals surface area (Å²) in [5.74, 6) is -0.827. The van der Waals surface area contributed by atoms with Gasteiger partial charge in [-0.25, -0.2) is 0 Å². The van der Waals surface area contributed by atoms with Crippen LogP contribution < -0.4 is 4.90 Å². The number of benzene rings is 1. The maximum absolute atomic E-state index is 10.8. The molecule has 1 unspecified atom stereocenters. The highest BCUT2D eigenvalue weighted by Gasteiger charge is 2.18. The minimum Gasteiger partial charge on any atom is -0.481 e. The number of nitrogens with zero attached hydrogens (tertiary/aromatic N) is 2. The predicted molar refractivity (Wildman–Crippen MR) is 70.6 cm³/mol. The minimum atomic E-state index is -0.827. The van der Waals surface area contributed by atoms with Gasteiger partial charge in [-0.2, -0.15) is 5.26 Å². The van der Waals surface area contributed by atoms with E-state index in [1.807, 2.05) is 43.9 Å². The number of rotatable bonds is 5. The van der Waals surface area contributed by atoms with Crippen molar-refractivity contribution in [2.24, 2.45) is 0 Å². The highest BCUT2D eigenvalue weighted by atomic mass is 16.4. The lowest BCUT2D eigenvalue weighted by atomic mass is 10.1. The molecule has 0 saturated carbocycles. The van der Waals surface area contributed by atoms with E-state index in [1.54, 1.807) is 0 Å². The Bertz CT molecular complexity index is 477. The summed E-state index contributed by atoms with van der Waals surface area (Å²) in [7, 11) is 0. The number of anilines is 1.